The van der Waals surface area contributed by atoms with Gasteiger partial charge in [-0.2, -0.15) is 0 Å². The van der Waals surface area contributed by atoms with Crippen molar-refractivity contribution in [2.24, 2.45) is 11.3 Å². The van der Waals surface area contributed by atoms with E-state index < -0.39 is 94.6 Å². The Hall–Kier alpha value is -3.29. The van der Waals surface area contributed by atoms with Crippen molar-refractivity contribution in [3.63, 3.8) is 0 Å². The van der Waals surface area contributed by atoms with Crippen LogP contribution in [0.15, 0.2) is 23.8 Å². The minimum atomic E-state index is -2.08. The first-order chi connectivity index (χ1) is 18.8. The third-order valence-corrected chi connectivity index (χ3v) is 8.62. The Morgan fingerprint density at radius 2 is 1.41 bits per heavy atom. The third-order valence-electron chi connectivity index (χ3n) is 8.62. The average molecular weight is 581 g/mol. The van der Waals surface area contributed by atoms with Crippen molar-refractivity contribution in [1.82, 2.24) is 0 Å². The van der Waals surface area contributed by atoms with Crippen LogP contribution in [-0.2, 0) is 52.4 Å². The van der Waals surface area contributed by atoms with E-state index in [-0.39, 0.29) is 5.57 Å². The van der Waals surface area contributed by atoms with Gasteiger partial charge in [0.05, 0.1) is 0 Å². The number of rotatable bonds is 4. The highest BCUT2D eigenvalue weighted by atomic mass is 16.7. The van der Waals surface area contributed by atoms with Gasteiger partial charge < -0.3 is 38.6 Å². The van der Waals surface area contributed by atoms with Crippen LogP contribution in [0.3, 0.4) is 0 Å². The van der Waals surface area contributed by atoms with Gasteiger partial charge in [-0.25, -0.2) is 4.79 Å². The summed E-state index contributed by atoms with van der Waals surface area (Å²) < 4.78 is 34.2. The molecule has 0 aromatic heterocycles. The van der Waals surface area contributed by atoms with E-state index in [1.165, 1.54) is 45.9 Å². The SMILES string of the molecule is CC(=O)OC1C(C)=CC2OC(=O)C3(C)OC23C(OC(C)=O)C2C(C)(O)C(OC(C)=O)C=CC2(C)C(OC(C)=O)C1O. The van der Waals surface area contributed by atoms with Gasteiger partial charge in [0.1, 0.15) is 30.0 Å². The number of ether oxygens (including phenoxy) is 6. The Labute approximate surface area is 236 Å². The monoisotopic (exact) mass is 580 g/mol. The van der Waals surface area contributed by atoms with Gasteiger partial charge in [-0.15, -0.1) is 0 Å². The number of epoxide rings is 1. The van der Waals surface area contributed by atoms with Crippen LogP contribution < -0.4 is 0 Å². The lowest BCUT2D eigenvalue weighted by atomic mass is 9.55. The second kappa shape index (κ2) is 9.92. The molecule has 11 atom stereocenters. The van der Waals surface area contributed by atoms with Gasteiger partial charge in [0.25, 0.3) is 0 Å². The zero-order chi connectivity index (χ0) is 30.9. The molecule has 4 aliphatic rings. The Kier molecular flexibility index (Phi) is 7.42. The van der Waals surface area contributed by atoms with Crippen LogP contribution in [0.5, 0.6) is 0 Å². The Bertz CT molecular complexity index is 1240. The van der Waals surface area contributed by atoms with Crippen LogP contribution in [0.2, 0.25) is 0 Å². The van der Waals surface area contributed by atoms with Gasteiger partial charge in [0.2, 0.25) is 0 Å². The topological polar surface area (TPSA) is 184 Å². The second-order valence-electron chi connectivity index (χ2n) is 11.7. The summed E-state index contributed by atoms with van der Waals surface area (Å²) in [6, 6.07) is 0. The fourth-order valence-electron chi connectivity index (χ4n) is 6.88. The molecule has 4 rings (SSSR count). The molecule has 0 radical (unpaired) electrons. The molecule has 0 saturated carbocycles. The zero-order valence-corrected chi connectivity index (χ0v) is 24.2. The summed E-state index contributed by atoms with van der Waals surface area (Å²) >= 11 is 0. The molecule has 0 aromatic carbocycles. The molecule has 0 bridgehead atoms. The molecule has 1 spiro atoms. The number of hydrogen-bond acceptors (Lipinski definition) is 13. The van der Waals surface area contributed by atoms with Crippen molar-refractivity contribution in [3.8, 4) is 0 Å². The molecule has 13 nitrogen and oxygen atoms in total. The summed E-state index contributed by atoms with van der Waals surface area (Å²) in [6.45, 7) is 10.4. The lowest BCUT2D eigenvalue weighted by molar-refractivity contribution is -0.230. The number of aliphatic hydroxyl groups is 2. The minimum absolute atomic E-state index is 0.231. The Morgan fingerprint density at radius 3 is 1.93 bits per heavy atom. The Morgan fingerprint density at radius 1 is 0.878 bits per heavy atom. The van der Waals surface area contributed by atoms with E-state index in [0.717, 1.165) is 27.7 Å². The number of aliphatic hydroxyl groups excluding tert-OH is 1. The summed E-state index contributed by atoms with van der Waals surface area (Å²) in [6.07, 6.45) is -4.40. The fraction of sp³-hybridized carbons (Fsp3) is 0.679. The molecule has 2 aliphatic carbocycles. The molecular formula is C28H36O13. The summed E-state index contributed by atoms with van der Waals surface area (Å²) in [4.78, 5) is 62.3. The van der Waals surface area contributed by atoms with Crippen molar-refractivity contribution < 1.29 is 62.6 Å². The van der Waals surface area contributed by atoms with E-state index in [1.54, 1.807) is 0 Å². The van der Waals surface area contributed by atoms with E-state index in [1.807, 2.05) is 0 Å². The van der Waals surface area contributed by atoms with Crippen LogP contribution in [0.25, 0.3) is 0 Å². The van der Waals surface area contributed by atoms with Gasteiger partial charge in [-0.1, -0.05) is 13.0 Å². The first-order valence-electron chi connectivity index (χ1n) is 13.2. The van der Waals surface area contributed by atoms with E-state index in [4.69, 9.17) is 28.4 Å². The maximum atomic E-state index is 13.1. The smallest absolute Gasteiger partial charge is 0.342 e. The quantitative estimate of drug-likeness (QED) is 0.202. The summed E-state index contributed by atoms with van der Waals surface area (Å²) in [5.41, 5.74) is -6.81. The Balaban J connectivity index is 2.09. The van der Waals surface area contributed by atoms with Gasteiger partial charge >= 0.3 is 29.8 Å². The average Bonchev–Trinajstić information content (AvgIpc) is 3.42. The van der Waals surface area contributed by atoms with Crippen LogP contribution in [0, 0.1) is 11.3 Å². The second-order valence-corrected chi connectivity index (χ2v) is 11.7. The van der Waals surface area contributed by atoms with Crippen LogP contribution in [-0.4, -0.2) is 93.5 Å². The molecule has 2 heterocycles. The summed E-state index contributed by atoms with van der Waals surface area (Å²) in [5, 5.41) is 23.9. The molecule has 41 heavy (non-hydrogen) atoms. The summed E-state index contributed by atoms with van der Waals surface area (Å²) in [7, 11) is 0. The van der Waals surface area contributed by atoms with Crippen LogP contribution in [0.4, 0.5) is 0 Å². The largest absolute Gasteiger partial charge is 0.459 e. The molecule has 2 aliphatic heterocycles. The van der Waals surface area contributed by atoms with Crippen molar-refractivity contribution in [3.05, 3.63) is 23.8 Å². The number of carbonyl (C=O) groups excluding carboxylic acids is 5. The molecule has 2 N–H and O–H groups in total. The van der Waals surface area contributed by atoms with E-state index >= 15 is 0 Å². The number of esters is 5. The van der Waals surface area contributed by atoms with Gasteiger partial charge in [0, 0.05) is 39.0 Å². The van der Waals surface area contributed by atoms with Crippen molar-refractivity contribution in [2.75, 3.05) is 0 Å². The number of carbonyl (C=O) groups is 5. The first-order valence-corrected chi connectivity index (χ1v) is 13.2. The van der Waals surface area contributed by atoms with Crippen molar-refractivity contribution in [1.29, 1.82) is 0 Å². The van der Waals surface area contributed by atoms with E-state index in [2.05, 4.69) is 0 Å². The highest BCUT2D eigenvalue weighted by molar-refractivity contribution is 5.89. The molecule has 2 fully saturated rings. The van der Waals surface area contributed by atoms with E-state index in [9.17, 15) is 34.2 Å². The molecular weight excluding hydrogens is 544 g/mol. The third kappa shape index (κ3) is 4.63. The minimum Gasteiger partial charge on any atom is -0.459 e. The van der Waals surface area contributed by atoms with Crippen LogP contribution in [0.1, 0.15) is 55.4 Å². The predicted molar refractivity (Wildman–Crippen MR) is 135 cm³/mol. The van der Waals surface area contributed by atoms with Crippen molar-refractivity contribution >= 4 is 29.8 Å². The van der Waals surface area contributed by atoms with Crippen LogP contribution >= 0.6 is 0 Å². The molecule has 226 valence electrons. The van der Waals surface area contributed by atoms with Gasteiger partial charge in [0.15, 0.2) is 23.4 Å². The standard InChI is InChI=1S/C28H36O13/c1-12-11-18-28(27(8,41-28)24(34)40-18)23(39-16(5)32)21-25(6,10-9-17(26(21,7)35)36-13(2)29)22(38-15(4)31)19(33)20(12)37-14(3)30/h9-11,17-23,33,35H,1-8H3. The van der Waals surface area contributed by atoms with Gasteiger partial charge in [-0.3, -0.25) is 19.2 Å². The highest BCUT2D eigenvalue weighted by Crippen LogP contribution is 2.65. The number of fused-ring (bicyclic) bond motifs is 1. The normalized spacial score (nSPS) is 44.6. The molecule has 2 saturated heterocycles. The zero-order valence-electron chi connectivity index (χ0n) is 24.2. The summed E-state index contributed by atoms with van der Waals surface area (Å²) in [5.74, 6) is -5.23. The van der Waals surface area contributed by atoms with Gasteiger partial charge in [-0.05, 0) is 38.5 Å². The predicted octanol–water partition coefficient (Wildman–Crippen LogP) is 0.430. The molecule has 13 heteroatoms. The molecule has 0 amide bonds. The lowest BCUT2D eigenvalue weighted by Crippen LogP contribution is -2.69. The highest BCUT2D eigenvalue weighted by Gasteiger charge is 2.88. The number of hydrogen-bond donors (Lipinski definition) is 2. The maximum Gasteiger partial charge on any atom is 0.342 e. The molecule has 11 unspecified atom stereocenters. The fourth-order valence-corrected chi connectivity index (χ4v) is 6.88. The van der Waals surface area contributed by atoms with Crippen molar-refractivity contribution in [2.45, 2.75) is 109 Å². The lowest BCUT2D eigenvalue weighted by Gasteiger charge is -2.55. The maximum absolute atomic E-state index is 13.1. The first kappa shape index (κ1) is 30.7. The van der Waals surface area contributed by atoms with E-state index in [0.29, 0.717) is 0 Å². The molecule has 0 aromatic rings.